The molecule has 1 saturated heterocycles. The van der Waals surface area contributed by atoms with Crippen LogP contribution in [0.25, 0.3) is 0 Å². The molecule has 1 aromatic rings. The van der Waals surface area contributed by atoms with Crippen molar-refractivity contribution in [2.24, 2.45) is 0 Å². The van der Waals surface area contributed by atoms with Gasteiger partial charge in [0, 0.05) is 0 Å². The zero-order chi connectivity index (χ0) is 14.2. The Balaban J connectivity index is 2.46. The van der Waals surface area contributed by atoms with Crippen LogP contribution in [0.3, 0.4) is 0 Å². The van der Waals surface area contributed by atoms with E-state index in [-0.39, 0.29) is 23.0 Å². The third-order valence-corrected chi connectivity index (χ3v) is 4.51. The second kappa shape index (κ2) is 5.23. The smallest absolute Gasteiger partial charge is 0.294 e. The van der Waals surface area contributed by atoms with Gasteiger partial charge in [0.1, 0.15) is 0 Å². The first kappa shape index (κ1) is 14.5. The topological polar surface area (TPSA) is 63.6 Å². The van der Waals surface area contributed by atoms with Crippen molar-refractivity contribution in [3.63, 3.8) is 0 Å². The van der Waals surface area contributed by atoms with Crippen molar-refractivity contribution in [3.05, 3.63) is 29.3 Å². The van der Waals surface area contributed by atoms with Crippen molar-refractivity contribution in [2.45, 2.75) is 56.6 Å². The summed E-state index contributed by atoms with van der Waals surface area (Å²) in [6, 6.07) is 5.06. The predicted octanol–water partition coefficient (Wildman–Crippen LogP) is 2.91. The van der Waals surface area contributed by atoms with Crippen LogP contribution in [-0.2, 0) is 14.9 Å². The van der Waals surface area contributed by atoms with Gasteiger partial charge >= 0.3 is 0 Å². The average Bonchev–Trinajstić information content (AvgIpc) is 2.25. The molecule has 2 atom stereocenters. The summed E-state index contributed by atoms with van der Waals surface area (Å²) in [6.07, 6.45) is 1.75. The lowest BCUT2D eigenvalue weighted by Gasteiger charge is -2.33. The third kappa shape index (κ3) is 3.35. The summed E-state index contributed by atoms with van der Waals surface area (Å²) in [5.74, 6) is 0.107. The van der Waals surface area contributed by atoms with E-state index in [2.05, 4.69) is 0 Å². The minimum Gasteiger partial charge on any atom is -0.376 e. The number of rotatable bonds is 2. The fraction of sp³-hybridized carbons (Fsp3) is 0.571. The summed E-state index contributed by atoms with van der Waals surface area (Å²) >= 11 is 0. The first-order valence-electron chi connectivity index (χ1n) is 6.51. The van der Waals surface area contributed by atoms with Crippen LogP contribution >= 0.6 is 0 Å². The molecule has 0 amide bonds. The third-order valence-electron chi connectivity index (χ3n) is 3.58. The fourth-order valence-electron chi connectivity index (χ4n) is 2.88. The maximum Gasteiger partial charge on any atom is 0.294 e. The van der Waals surface area contributed by atoms with E-state index in [4.69, 9.17) is 4.74 Å². The molecule has 0 spiro atoms. The maximum atomic E-state index is 11.5. The summed E-state index contributed by atoms with van der Waals surface area (Å²) in [7, 11) is -4.18. The largest absolute Gasteiger partial charge is 0.376 e. The van der Waals surface area contributed by atoms with Gasteiger partial charge in [-0.25, -0.2) is 0 Å². The van der Waals surface area contributed by atoms with E-state index in [1.54, 1.807) is 6.07 Å². The van der Waals surface area contributed by atoms with Crippen LogP contribution < -0.4 is 0 Å². The van der Waals surface area contributed by atoms with Crippen molar-refractivity contribution < 1.29 is 17.7 Å². The Kier molecular flexibility index (Phi) is 3.99. The molecule has 0 aromatic heterocycles. The molecule has 0 radical (unpaired) electrons. The quantitative estimate of drug-likeness (QED) is 0.848. The van der Waals surface area contributed by atoms with Gasteiger partial charge in [-0.1, -0.05) is 17.7 Å². The molecule has 0 unspecified atom stereocenters. The van der Waals surface area contributed by atoms with Crippen LogP contribution in [0.15, 0.2) is 23.1 Å². The zero-order valence-electron chi connectivity index (χ0n) is 11.5. The van der Waals surface area contributed by atoms with Gasteiger partial charge in [-0.3, -0.25) is 4.55 Å². The SMILES string of the molecule is Cc1ccc(S(=O)(=O)O)c(C2C[C@@H](C)O[C@H](C)C2)c1. The lowest BCUT2D eigenvalue weighted by atomic mass is 9.86. The van der Waals surface area contributed by atoms with Crippen LogP contribution in [0.1, 0.15) is 43.7 Å². The Morgan fingerprint density at radius 1 is 1.21 bits per heavy atom. The highest BCUT2D eigenvalue weighted by atomic mass is 32.2. The van der Waals surface area contributed by atoms with Crippen molar-refractivity contribution in [2.75, 3.05) is 0 Å². The number of hydrogen-bond donors (Lipinski definition) is 1. The van der Waals surface area contributed by atoms with E-state index < -0.39 is 10.1 Å². The molecule has 19 heavy (non-hydrogen) atoms. The molecule has 0 aliphatic carbocycles. The Labute approximate surface area is 114 Å². The average molecular weight is 284 g/mol. The van der Waals surface area contributed by atoms with Gasteiger partial charge in [-0.2, -0.15) is 8.42 Å². The predicted molar refractivity (Wildman–Crippen MR) is 73.0 cm³/mol. The maximum absolute atomic E-state index is 11.5. The van der Waals surface area contributed by atoms with Crippen molar-refractivity contribution in [1.82, 2.24) is 0 Å². The molecule has 1 aromatic carbocycles. The van der Waals surface area contributed by atoms with E-state index >= 15 is 0 Å². The van der Waals surface area contributed by atoms with E-state index in [0.717, 1.165) is 18.4 Å². The molecule has 1 fully saturated rings. The molecular formula is C14H20O4S. The Hall–Kier alpha value is -0.910. The number of aryl methyl sites for hydroxylation is 1. The molecule has 2 rings (SSSR count). The second-order valence-corrected chi connectivity index (χ2v) is 6.83. The number of benzene rings is 1. The highest BCUT2D eigenvalue weighted by Crippen LogP contribution is 2.36. The van der Waals surface area contributed by atoms with Crippen molar-refractivity contribution >= 4 is 10.1 Å². The summed E-state index contributed by atoms with van der Waals surface area (Å²) in [4.78, 5) is 0.0319. The fourth-order valence-corrected chi connectivity index (χ4v) is 3.64. The monoisotopic (exact) mass is 284 g/mol. The highest BCUT2D eigenvalue weighted by Gasteiger charge is 2.29. The van der Waals surface area contributed by atoms with Crippen LogP contribution in [-0.4, -0.2) is 25.2 Å². The Morgan fingerprint density at radius 3 is 2.32 bits per heavy atom. The van der Waals surface area contributed by atoms with Gasteiger partial charge in [0.2, 0.25) is 0 Å². The van der Waals surface area contributed by atoms with Crippen LogP contribution in [0.4, 0.5) is 0 Å². The first-order valence-corrected chi connectivity index (χ1v) is 7.95. The molecular weight excluding hydrogens is 264 g/mol. The minimum atomic E-state index is -4.18. The number of ether oxygens (including phenoxy) is 1. The molecule has 1 aliphatic rings. The second-order valence-electron chi connectivity index (χ2n) is 5.44. The van der Waals surface area contributed by atoms with Crippen molar-refractivity contribution in [1.29, 1.82) is 0 Å². The van der Waals surface area contributed by atoms with Crippen LogP contribution in [0.2, 0.25) is 0 Å². The standard InChI is InChI=1S/C14H20O4S/c1-9-4-5-14(19(15,16)17)13(6-9)12-7-10(2)18-11(3)8-12/h4-6,10-12H,7-8H2,1-3H3,(H,15,16,17)/t10-,11-/m1/s1. The molecule has 0 saturated carbocycles. The highest BCUT2D eigenvalue weighted by molar-refractivity contribution is 7.85. The zero-order valence-corrected chi connectivity index (χ0v) is 12.3. The Bertz CT molecular complexity index is 555. The first-order chi connectivity index (χ1) is 8.77. The molecule has 4 nitrogen and oxygen atoms in total. The minimum absolute atomic E-state index is 0.0319. The summed E-state index contributed by atoms with van der Waals surface area (Å²) in [5.41, 5.74) is 1.71. The van der Waals surface area contributed by atoms with Gasteiger partial charge in [-0.15, -0.1) is 0 Å². The van der Waals surface area contributed by atoms with Gasteiger partial charge < -0.3 is 4.74 Å². The molecule has 106 valence electrons. The van der Waals surface area contributed by atoms with Gasteiger partial charge in [0.25, 0.3) is 10.1 Å². The van der Waals surface area contributed by atoms with E-state index in [1.807, 2.05) is 26.8 Å². The van der Waals surface area contributed by atoms with E-state index in [9.17, 15) is 13.0 Å². The molecule has 1 aliphatic heterocycles. The summed E-state index contributed by atoms with van der Waals surface area (Å²) in [5, 5.41) is 0. The van der Waals surface area contributed by atoms with Crippen LogP contribution in [0, 0.1) is 6.92 Å². The van der Waals surface area contributed by atoms with E-state index in [0.29, 0.717) is 5.56 Å². The van der Waals surface area contributed by atoms with Gasteiger partial charge in [-0.05, 0) is 51.2 Å². The normalized spacial score (nSPS) is 28.3. The van der Waals surface area contributed by atoms with E-state index in [1.165, 1.54) is 6.07 Å². The molecule has 5 heteroatoms. The lowest BCUT2D eigenvalue weighted by Crippen LogP contribution is -2.28. The molecule has 1 N–H and O–H groups in total. The molecule has 0 bridgehead atoms. The summed E-state index contributed by atoms with van der Waals surface area (Å²) < 4.78 is 38.0. The van der Waals surface area contributed by atoms with Gasteiger partial charge in [0.05, 0.1) is 17.1 Å². The lowest BCUT2D eigenvalue weighted by molar-refractivity contribution is -0.0383. The summed E-state index contributed by atoms with van der Waals surface area (Å²) in [6.45, 7) is 5.90. The molecule has 1 heterocycles. The number of hydrogen-bond acceptors (Lipinski definition) is 3. The van der Waals surface area contributed by atoms with Crippen LogP contribution in [0.5, 0.6) is 0 Å². The van der Waals surface area contributed by atoms with Crippen molar-refractivity contribution in [3.8, 4) is 0 Å². The Morgan fingerprint density at radius 2 is 1.79 bits per heavy atom. The van der Waals surface area contributed by atoms with Gasteiger partial charge in [0.15, 0.2) is 0 Å².